The van der Waals surface area contributed by atoms with E-state index in [0.29, 0.717) is 16.3 Å². The van der Waals surface area contributed by atoms with Gasteiger partial charge < -0.3 is 20.8 Å². The van der Waals surface area contributed by atoms with E-state index >= 15 is 0 Å². The maximum absolute atomic E-state index is 12.0. The summed E-state index contributed by atoms with van der Waals surface area (Å²) < 4.78 is 0. The summed E-state index contributed by atoms with van der Waals surface area (Å²) in [5, 5.41) is 19.1. The third kappa shape index (κ3) is 2.36. The Morgan fingerprint density at radius 3 is 2.47 bits per heavy atom. The normalized spacial score (nSPS) is 24.1. The smallest absolute Gasteiger partial charge is 0.254 e. The first kappa shape index (κ1) is 12.2. The number of rotatable bonds is 1. The van der Waals surface area contributed by atoms with Crippen LogP contribution in [0.25, 0.3) is 0 Å². The number of nitrogen functional groups attached to an aromatic ring is 1. The topological polar surface area (TPSA) is 86.8 Å². The second-order valence-electron chi connectivity index (χ2n) is 4.08. The highest BCUT2D eigenvalue weighted by Gasteiger charge is 2.32. The molecule has 1 amide bonds. The Balaban J connectivity index is 2.17. The summed E-state index contributed by atoms with van der Waals surface area (Å²) in [5.74, 6) is -0.274. The molecule has 0 unspecified atom stereocenters. The number of likely N-dealkylation sites (tertiary alicyclic amines) is 1. The number of anilines is 1. The zero-order valence-electron chi connectivity index (χ0n) is 9.01. The molecule has 4 N–H and O–H groups in total. The van der Waals surface area contributed by atoms with Crippen molar-refractivity contribution in [2.45, 2.75) is 12.2 Å². The summed E-state index contributed by atoms with van der Waals surface area (Å²) in [6.07, 6.45) is -1.77. The molecule has 0 bridgehead atoms. The summed E-state index contributed by atoms with van der Waals surface area (Å²) in [7, 11) is 0. The molecule has 92 valence electrons. The van der Waals surface area contributed by atoms with Gasteiger partial charge in [0.05, 0.1) is 22.9 Å². The molecule has 1 fully saturated rings. The molecule has 1 saturated heterocycles. The van der Waals surface area contributed by atoms with E-state index in [1.54, 1.807) is 12.1 Å². The number of halogens is 1. The van der Waals surface area contributed by atoms with Gasteiger partial charge in [0.25, 0.3) is 5.91 Å². The Bertz CT molecular complexity index is 442. The lowest BCUT2D eigenvalue weighted by atomic mass is 10.2. The van der Waals surface area contributed by atoms with E-state index in [1.165, 1.54) is 11.0 Å². The zero-order valence-corrected chi connectivity index (χ0v) is 9.76. The van der Waals surface area contributed by atoms with Gasteiger partial charge in [0, 0.05) is 18.7 Å². The van der Waals surface area contributed by atoms with Crippen LogP contribution in [0.2, 0.25) is 5.02 Å². The van der Waals surface area contributed by atoms with E-state index in [9.17, 15) is 15.0 Å². The molecule has 0 radical (unpaired) electrons. The first-order chi connectivity index (χ1) is 7.99. The quantitative estimate of drug-likeness (QED) is 0.622. The van der Waals surface area contributed by atoms with E-state index in [1.807, 2.05) is 0 Å². The van der Waals surface area contributed by atoms with E-state index in [-0.39, 0.29) is 19.0 Å². The SMILES string of the molecule is Nc1cc(C(=O)N2C[C@@H](O)[C@@H](O)C2)ccc1Cl. The maximum Gasteiger partial charge on any atom is 0.254 e. The number of aliphatic hydroxyl groups excluding tert-OH is 2. The van der Waals surface area contributed by atoms with Crippen molar-refractivity contribution in [2.24, 2.45) is 0 Å². The van der Waals surface area contributed by atoms with Gasteiger partial charge in [-0.2, -0.15) is 0 Å². The van der Waals surface area contributed by atoms with E-state index in [4.69, 9.17) is 17.3 Å². The number of carbonyl (C=O) groups is 1. The van der Waals surface area contributed by atoms with Gasteiger partial charge >= 0.3 is 0 Å². The molecule has 17 heavy (non-hydrogen) atoms. The highest BCUT2D eigenvalue weighted by atomic mass is 35.5. The molecule has 1 aromatic carbocycles. The van der Waals surface area contributed by atoms with Gasteiger partial charge in [-0.1, -0.05) is 11.6 Å². The van der Waals surface area contributed by atoms with Crippen LogP contribution in [0.1, 0.15) is 10.4 Å². The van der Waals surface area contributed by atoms with E-state index in [0.717, 1.165) is 0 Å². The molecule has 0 saturated carbocycles. The summed E-state index contributed by atoms with van der Waals surface area (Å²) in [5.41, 5.74) is 6.34. The number of hydrogen-bond donors (Lipinski definition) is 3. The van der Waals surface area contributed by atoms with Crippen LogP contribution in [0.15, 0.2) is 18.2 Å². The van der Waals surface area contributed by atoms with Gasteiger partial charge in [0.2, 0.25) is 0 Å². The molecule has 1 aliphatic heterocycles. The number of nitrogens with zero attached hydrogens (tertiary/aromatic N) is 1. The summed E-state index contributed by atoms with van der Waals surface area (Å²) in [6, 6.07) is 4.60. The number of nitrogens with two attached hydrogens (primary N) is 1. The highest BCUT2D eigenvalue weighted by molar-refractivity contribution is 6.33. The lowest BCUT2D eigenvalue weighted by Gasteiger charge is -2.15. The fourth-order valence-corrected chi connectivity index (χ4v) is 1.91. The fourth-order valence-electron chi connectivity index (χ4n) is 1.79. The summed E-state index contributed by atoms with van der Waals surface area (Å²) in [6.45, 7) is 0.255. The van der Waals surface area contributed by atoms with E-state index < -0.39 is 12.2 Å². The highest BCUT2D eigenvalue weighted by Crippen LogP contribution is 2.21. The Morgan fingerprint density at radius 1 is 1.35 bits per heavy atom. The number of amides is 1. The number of carbonyl (C=O) groups excluding carboxylic acids is 1. The first-order valence-corrected chi connectivity index (χ1v) is 5.57. The van der Waals surface area contributed by atoms with Crippen LogP contribution in [0.4, 0.5) is 5.69 Å². The number of benzene rings is 1. The van der Waals surface area contributed by atoms with Crippen molar-refractivity contribution in [3.63, 3.8) is 0 Å². The molecule has 0 spiro atoms. The average Bonchev–Trinajstić information content (AvgIpc) is 2.62. The summed E-state index contributed by atoms with van der Waals surface area (Å²) in [4.78, 5) is 13.4. The second kappa shape index (κ2) is 4.52. The van der Waals surface area contributed by atoms with Crippen molar-refractivity contribution in [3.8, 4) is 0 Å². The van der Waals surface area contributed by atoms with Crippen LogP contribution in [0.3, 0.4) is 0 Å². The van der Waals surface area contributed by atoms with Crippen molar-refractivity contribution >= 4 is 23.2 Å². The summed E-state index contributed by atoms with van der Waals surface area (Å²) >= 11 is 5.76. The van der Waals surface area contributed by atoms with Crippen molar-refractivity contribution in [3.05, 3.63) is 28.8 Å². The van der Waals surface area contributed by atoms with E-state index in [2.05, 4.69) is 0 Å². The molecule has 1 aromatic rings. The van der Waals surface area contributed by atoms with Crippen LogP contribution >= 0.6 is 11.6 Å². The number of hydrogen-bond acceptors (Lipinski definition) is 4. The van der Waals surface area contributed by atoms with Crippen molar-refractivity contribution < 1.29 is 15.0 Å². The predicted octanol–water partition coefficient (Wildman–Crippen LogP) is 0.0998. The minimum atomic E-state index is -0.886. The Hall–Kier alpha value is -1.30. The minimum absolute atomic E-state index is 0.128. The van der Waals surface area contributed by atoms with Crippen LogP contribution in [0.5, 0.6) is 0 Å². The first-order valence-electron chi connectivity index (χ1n) is 5.19. The molecule has 0 aromatic heterocycles. The minimum Gasteiger partial charge on any atom is -0.398 e. The van der Waals surface area contributed by atoms with Crippen LogP contribution in [-0.4, -0.2) is 46.3 Å². The number of β-amino-alcohol motifs (C(OH)–C–C–N with tert-alkyl or cyclic N) is 2. The van der Waals surface area contributed by atoms with Gasteiger partial charge in [0.1, 0.15) is 0 Å². The number of aliphatic hydroxyl groups is 2. The molecular weight excluding hydrogens is 244 g/mol. The van der Waals surface area contributed by atoms with Crippen molar-refractivity contribution in [2.75, 3.05) is 18.8 Å². The van der Waals surface area contributed by atoms with Crippen LogP contribution in [0, 0.1) is 0 Å². The van der Waals surface area contributed by atoms with Gasteiger partial charge in [-0.05, 0) is 18.2 Å². The van der Waals surface area contributed by atoms with Crippen molar-refractivity contribution in [1.29, 1.82) is 0 Å². The third-order valence-corrected chi connectivity index (χ3v) is 3.13. The van der Waals surface area contributed by atoms with Crippen LogP contribution in [-0.2, 0) is 0 Å². The van der Waals surface area contributed by atoms with Gasteiger partial charge in [-0.25, -0.2) is 0 Å². The van der Waals surface area contributed by atoms with Gasteiger partial charge in [0.15, 0.2) is 0 Å². The molecule has 1 aliphatic rings. The average molecular weight is 257 g/mol. The molecule has 2 atom stereocenters. The third-order valence-electron chi connectivity index (χ3n) is 2.79. The Morgan fingerprint density at radius 2 is 1.94 bits per heavy atom. The lowest BCUT2D eigenvalue weighted by Crippen LogP contribution is -2.29. The van der Waals surface area contributed by atoms with Gasteiger partial charge in [-0.3, -0.25) is 4.79 Å². The standard InChI is InChI=1S/C11H13ClN2O3/c12-7-2-1-6(3-8(7)13)11(17)14-4-9(15)10(16)5-14/h1-3,9-10,15-16H,4-5,13H2/t9-,10+. The molecule has 5 nitrogen and oxygen atoms in total. The predicted molar refractivity (Wildman–Crippen MR) is 63.8 cm³/mol. The van der Waals surface area contributed by atoms with Crippen LogP contribution < -0.4 is 5.73 Å². The molecule has 6 heteroatoms. The molecule has 2 rings (SSSR count). The Labute approximate surface area is 103 Å². The second-order valence-corrected chi connectivity index (χ2v) is 4.49. The molecule has 0 aliphatic carbocycles. The van der Waals surface area contributed by atoms with Crippen molar-refractivity contribution in [1.82, 2.24) is 4.90 Å². The largest absolute Gasteiger partial charge is 0.398 e. The molecular formula is C11H13ClN2O3. The van der Waals surface area contributed by atoms with Gasteiger partial charge in [-0.15, -0.1) is 0 Å². The maximum atomic E-state index is 12.0. The monoisotopic (exact) mass is 256 g/mol. The molecule has 1 heterocycles. The lowest BCUT2D eigenvalue weighted by molar-refractivity contribution is 0.0572. The fraction of sp³-hybridized carbons (Fsp3) is 0.364. The zero-order chi connectivity index (χ0) is 12.6. The Kier molecular flexibility index (Phi) is 3.24.